The van der Waals surface area contributed by atoms with Gasteiger partial charge in [0.25, 0.3) is 0 Å². The topological polar surface area (TPSA) is 69.9 Å². The summed E-state index contributed by atoms with van der Waals surface area (Å²) < 4.78 is 6.07. The molecule has 0 radical (unpaired) electrons. The Hall–Kier alpha value is -0.680. The van der Waals surface area contributed by atoms with Crippen LogP contribution in [0.25, 0.3) is 0 Å². The fraction of sp³-hybridized carbons (Fsp3) is 0.826. The molecule has 0 heterocycles. The van der Waals surface area contributed by atoms with Crippen LogP contribution in [0.15, 0.2) is 23.3 Å². The molecule has 0 bridgehead atoms. The van der Waals surface area contributed by atoms with Crippen LogP contribution in [0.1, 0.15) is 84.5 Å². The van der Waals surface area contributed by atoms with Crippen LogP contribution >= 0.6 is 0 Å². The molecule has 0 aromatic rings. The average Bonchev–Trinajstić information content (AvgIpc) is 2.93. The minimum atomic E-state index is -0.648. The fourth-order valence-electron chi connectivity index (χ4n) is 5.19. The summed E-state index contributed by atoms with van der Waals surface area (Å²) in [6.45, 7) is 4.32. The third-order valence-electron chi connectivity index (χ3n) is 6.63. The molecule has 0 unspecified atom stereocenters. The van der Waals surface area contributed by atoms with E-state index in [1.54, 1.807) is 0 Å². The monoisotopic (exact) mass is 378 g/mol. The van der Waals surface area contributed by atoms with Crippen LogP contribution in [-0.2, 0) is 4.74 Å². The highest BCUT2D eigenvalue weighted by molar-refractivity contribution is 5.22. The van der Waals surface area contributed by atoms with E-state index in [1.807, 2.05) is 13.8 Å². The van der Waals surface area contributed by atoms with Gasteiger partial charge in [-0.2, -0.15) is 0 Å². The molecule has 0 aromatic heterocycles. The van der Waals surface area contributed by atoms with Gasteiger partial charge in [0.2, 0.25) is 0 Å². The van der Waals surface area contributed by atoms with E-state index < -0.39 is 17.8 Å². The smallest absolute Gasteiger partial charge is 0.0613 e. The molecule has 3 rings (SSSR count). The summed E-state index contributed by atoms with van der Waals surface area (Å²) in [6.07, 6.45) is 15.0. The van der Waals surface area contributed by atoms with Crippen molar-refractivity contribution in [2.24, 2.45) is 5.41 Å². The first-order valence-electron chi connectivity index (χ1n) is 10.8. The lowest BCUT2D eigenvalue weighted by molar-refractivity contribution is -0.00379. The van der Waals surface area contributed by atoms with Crippen molar-refractivity contribution < 1.29 is 20.1 Å². The molecule has 0 saturated heterocycles. The summed E-state index contributed by atoms with van der Waals surface area (Å²) in [5, 5.41) is 29.6. The predicted molar refractivity (Wildman–Crippen MR) is 107 cm³/mol. The van der Waals surface area contributed by atoms with E-state index >= 15 is 0 Å². The van der Waals surface area contributed by atoms with Gasteiger partial charge in [-0.25, -0.2) is 0 Å². The second-order valence-corrected chi connectivity index (χ2v) is 9.93. The number of rotatable bonds is 5. The molecule has 4 atom stereocenters. The first kappa shape index (κ1) is 21.0. The highest BCUT2D eigenvalue weighted by Gasteiger charge is 2.41. The summed E-state index contributed by atoms with van der Waals surface area (Å²) in [7, 11) is 0. The van der Waals surface area contributed by atoms with E-state index in [1.165, 1.54) is 36.8 Å². The van der Waals surface area contributed by atoms with Gasteiger partial charge in [-0.05, 0) is 89.9 Å². The zero-order valence-electron chi connectivity index (χ0n) is 17.1. The van der Waals surface area contributed by atoms with Gasteiger partial charge in [0.1, 0.15) is 0 Å². The van der Waals surface area contributed by atoms with Crippen molar-refractivity contribution in [3.8, 4) is 0 Å². The zero-order valence-corrected chi connectivity index (χ0v) is 17.1. The summed E-state index contributed by atoms with van der Waals surface area (Å²) >= 11 is 0. The molecular weight excluding hydrogens is 340 g/mol. The second-order valence-electron chi connectivity index (χ2n) is 9.93. The molecule has 0 amide bonds. The summed E-state index contributed by atoms with van der Waals surface area (Å²) in [4.78, 5) is 0. The molecule has 0 aliphatic heterocycles. The van der Waals surface area contributed by atoms with E-state index in [-0.39, 0.29) is 0 Å². The highest BCUT2D eigenvalue weighted by Crippen LogP contribution is 2.51. The van der Waals surface area contributed by atoms with Gasteiger partial charge in [-0.15, -0.1) is 0 Å². The minimum absolute atomic E-state index is 0.341. The van der Waals surface area contributed by atoms with Gasteiger partial charge in [-0.1, -0.05) is 23.3 Å². The van der Waals surface area contributed by atoms with Gasteiger partial charge in [-0.3, -0.25) is 0 Å². The molecule has 3 N–H and O–H groups in total. The van der Waals surface area contributed by atoms with E-state index in [0.717, 1.165) is 19.3 Å². The molecule has 4 nitrogen and oxygen atoms in total. The SMILES string of the molecule is CC(C)(O)CCO[C@@H]1CC[C@@]2(CCC/C(=C\C=C3C[C@@H](O)C[C@H](O)C3)C2)C1. The van der Waals surface area contributed by atoms with Crippen LogP contribution in [-0.4, -0.2) is 45.8 Å². The van der Waals surface area contributed by atoms with E-state index in [4.69, 9.17) is 4.74 Å². The molecule has 1 spiro atoms. The zero-order chi connectivity index (χ0) is 19.5. The van der Waals surface area contributed by atoms with Gasteiger partial charge < -0.3 is 20.1 Å². The van der Waals surface area contributed by atoms with Crippen LogP contribution in [0.3, 0.4) is 0 Å². The maximum Gasteiger partial charge on any atom is 0.0613 e. The molecule has 3 aliphatic rings. The molecular formula is C23H38O4. The van der Waals surface area contributed by atoms with Crippen molar-refractivity contribution in [1.29, 1.82) is 0 Å². The second kappa shape index (κ2) is 8.77. The third-order valence-corrected chi connectivity index (χ3v) is 6.63. The van der Waals surface area contributed by atoms with E-state index in [0.29, 0.717) is 43.8 Å². The molecule has 3 aliphatic carbocycles. The minimum Gasteiger partial charge on any atom is -0.393 e. The Balaban J connectivity index is 1.53. The number of ether oxygens (including phenoxy) is 1. The van der Waals surface area contributed by atoms with Crippen LogP contribution in [0, 0.1) is 5.41 Å². The average molecular weight is 379 g/mol. The maximum atomic E-state index is 9.85. The third kappa shape index (κ3) is 6.42. The van der Waals surface area contributed by atoms with Gasteiger partial charge >= 0.3 is 0 Å². The Bertz CT molecular complexity index is 547. The van der Waals surface area contributed by atoms with Crippen LogP contribution in [0.5, 0.6) is 0 Å². The number of aliphatic hydroxyl groups is 3. The Morgan fingerprint density at radius 1 is 1.11 bits per heavy atom. The maximum absolute atomic E-state index is 9.85. The van der Waals surface area contributed by atoms with Crippen LogP contribution < -0.4 is 0 Å². The normalized spacial score (nSPS) is 36.6. The lowest BCUT2D eigenvalue weighted by Gasteiger charge is -2.35. The van der Waals surface area contributed by atoms with E-state index in [2.05, 4.69) is 12.2 Å². The molecule has 3 fully saturated rings. The fourth-order valence-corrected chi connectivity index (χ4v) is 5.19. The van der Waals surface area contributed by atoms with Crippen molar-refractivity contribution in [2.45, 2.75) is 108 Å². The van der Waals surface area contributed by atoms with Crippen molar-refractivity contribution in [3.05, 3.63) is 23.3 Å². The standard InChI is InChI=1S/C23H38O4/c1-22(2,26)10-11-27-21-7-9-23(16-21)8-3-4-17(15-23)5-6-18-12-19(24)14-20(25)13-18/h5-6,19-21,24-26H,3-4,7-16H2,1-2H3/b17-5+/t19-,20-,21-,23-/m1/s1. The van der Waals surface area contributed by atoms with Crippen molar-refractivity contribution >= 4 is 0 Å². The van der Waals surface area contributed by atoms with Gasteiger partial charge in [0.15, 0.2) is 0 Å². The quantitative estimate of drug-likeness (QED) is 0.675. The lowest BCUT2D eigenvalue weighted by Crippen LogP contribution is -2.25. The summed E-state index contributed by atoms with van der Waals surface area (Å²) in [6, 6.07) is 0. The highest BCUT2D eigenvalue weighted by atomic mass is 16.5. The number of hydrogen-bond donors (Lipinski definition) is 3. The van der Waals surface area contributed by atoms with Crippen molar-refractivity contribution in [3.63, 3.8) is 0 Å². The Morgan fingerprint density at radius 2 is 1.81 bits per heavy atom. The molecule has 154 valence electrons. The van der Waals surface area contributed by atoms with Crippen LogP contribution in [0.4, 0.5) is 0 Å². The molecule has 4 heteroatoms. The largest absolute Gasteiger partial charge is 0.393 e. The number of allylic oxidation sites excluding steroid dienone is 3. The van der Waals surface area contributed by atoms with Crippen LogP contribution in [0.2, 0.25) is 0 Å². The Morgan fingerprint density at radius 3 is 2.52 bits per heavy atom. The summed E-state index contributed by atoms with van der Waals surface area (Å²) in [5.41, 5.74) is 2.44. The van der Waals surface area contributed by atoms with Crippen molar-refractivity contribution in [2.75, 3.05) is 6.61 Å². The van der Waals surface area contributed by atoms with E-state index in [9.17, 15) is 15.3 Å². The Kier molecular flexibility index (Phi) is 6.83. The molecule has 0 aromatic carbocycles. The van der Waals surface area contributed by atoms with Gasteiger partial charge in [0.05, 0.1) is 23.9 Å². The predicted octanol–water partition coefficient (Wildman–Crippen LogP) is 4.04. The first-order valence-corrected chi connectivity index (χ1v) is 10.8. The first-order chi connectivity index (χ1) is 12.7. The molecule has 3 saturated carbocycles. The molecule has 27 heavy (non-hydrogen) atoms. The lowest BCUT2D eigenvalue weighted by atomic mass is 9.70. The van der Waals surface area contributed by atoms with Gasteiger partial charge in [0, 0.05) is 6.61 Å². The summed E-state index contributed by atoms with van der Waals surface area (Å²) in [5.74, 6) is 0. The number of hydrogen-bond acceptors (Lipinski definition) is 4. The number of aliphatic hydroxyl groups excluding tert-OH is 2. The van der Waals surface area contributed by atoms with Crippen molar-refractivity contribution in [1.82, 2.24) is 0 Å². The Labute approximate surface area is 164 Å².